The summed E-state index contributed by atoms with van der Waals surface area (Å²) in [6.07, 6.45) is 1.66. The van der Waals surface area contributed by atoms with Crippen molar-refractivity contribution in [3.05, 3.63) is 70.8 Å². The van der Waals surface area contributed by atoms with Crippen LogP contribution in [0.4, 0.5) is 0 Å². The molecule has 0 bridgehead atoms. The van der Waals surface area contributed by atoms with Gasteiger partial charge in [-0.1, -0.05) is 67.4 Å². The summed E-state index contributed by atoms with van der Waals surface area (Å²) in [4.78, 5) is 12.7. The van der Waals surface area contributed by atoms with Crippen LogP contribution in [-0.4, -0.2) is 19.6 Å². The molecule has 5 heteroatoms. The van der Waals surface area contributed by atoms with Crippen LogP contribution in [0.1, 0.15) is 55.0 Å². The third-order valence-corrected chi connectivity index (χ3v) is 6.87. The highest BCUT2D eigenvalue weighted by molar-refractivity contribution is 7.92. The van der Waals surface area contributed by atoms with Crippen molar-refractivity contribution in [3.8, 4) is 0 Å². The standard InChI is InChI=1S/C22H29NO3S/c1-5-9-21(19-10-7-6-8-11-19)23-22(24)18(4)27(25,26)15-20-14-16(2)12-13-17(20)3/h6-8,10-14,18,21H,5,9,15H2,1-4H3,(H,23,24)/t18-,21+/m0/s1. The first-order chi connectivity index (χ1) is 12.7. The summed E-state index contributed by atoms with van der Waals surface area (Å²) in [7, 11) is -3.61. The van der Waals surface area contributed by atoms with Crippen LogP contribution in [0.3, 0.4) is 0 Å². The SMILES string of the molecule is CCC[C@@H](NC(=O)[C@H](C)S(=O)(=O)Cc1cc(C)ccc1C)c1ccccc1. The summed E-state index contributed by atoms with van der Waals surface area (Å²) >= 11 is 0. The average Bonchev–Trinajstić information content (AvgIpc) is 2.64. The van der Waals surface area contributed by atoms with Crippen LogP contribution in [0.2, 0.25) is 0 Å². The molecule has 0 heterocycles. The molecule has 0 unspecified atom stereocenters. The van der Waals surface area contributed by atoms with Gasteiger partial charge in [-0.05, 0) is 43.9 Å². The molecule has 4 nitrogen and oxygen atoms in total. The molecule has 0 radical (unpaired) electrons. The molecule has 27 heavy (non-hydrogen) atoms. The summed E-state index contributed by atoms with van der Waals surface area (Å²) in [5.41, 5.74) is 3.68. The number of amides is 1. The monoisotopic (exact) mass is 387 g/mol. The minimum atomic E-state index is -3.61. The maximum absolute atomic E-state index is 12.8. The molecule has 2 aromatic carbocycles. The van der Waals surface area contributed by atoms with Crippen LogP contribution in [0.15, 0.2) is 48.5 Å². The van der Waals surface area contributed by atoms with Crippen molar-refractivity contribution in [1.82, 2.24) is 5.32 Å². The number of nitrogens with one attached hydrogen (secondary N) is 1. The second-order valence-corrected chi connectivity index (χ2v) is 9.46. The van der Waals surface area contributed by atoms with E-state index in [-0.39, 0.29) is 11.8 Å². The van der Waals surface area contributed by atoms with Crippen molar-refractivity contribution < 1.29 is 13.2 Å². The van der Waals surface area contributed by atoms with Gasteiger partial charge < -0.3 is 5.32 Å². The Labute approximate surface area is 162 Å². The molecule has 0 aliphatic carbocycles. The van der Waals surface area contributed by atoms with Crippen molar-refractivity contribution in [3.63, 3.8) is 0 Å². The highest BCUT2D eigenvalue weighted by Gasteiger charge is 2.30. The molecular weight excluding hydrogens is 358 g/mol. The van der Waals surface area contributed by atoms with Gasteiger partial charge in [-0.15, -0.1) is 0 Å². The Hall–Kier alpha value is -2.14. The number of hydrogen-bond donors (Lipinski definition) is 1. The lowest BCUT2D eigenvalue weighted by molar-refractivity contribution is -0.121. The number of hydrogen-bond acceptors (Lipinski definition) is 3. The maximum atomic E-state index is 12.8. The zero-order valence-electron chi connectivity index (χ0n) is 16.5. The fraction of sp³-hybridized carbons (Fsp3) is 0.409. The molecule has 0 spiro atoms. The first-order valence-corrected chi connectivity index (χ1v) is 11.1. The van der Waals surface area contributed by atoms with E-state index >= 15 is 0 Å². The normalized spacial score (nSPS) is 13.8. The second kappa shape index (κ2) is 9.18. The average molecular weight is 388 g/mol. The van der Waals surface area contributed by atoms with Gasteiger partial charge in [0.1, 0.15) is 5.25 Å². The summed E-state index contributed by atoms with van der Waals surface area (Å²) in [5.74, 6) is -0.568. The lowest BCUT2D eigenvalue weighted by Crippen LogP contribution is -2.40. The summed E-state index contributed by atoms with van der Waals surface area (Å²) in [5, 5.41) is 1.84. The Bertz CT molecular complexity index is 876. The van der Waals surface area contributed by atoms with Crippen molar-refractivity contribution in [2.45, 2.75) is 57.6 Å². The molecule has 0 fully saturated rings. The molecule has 1 N–H and O–H groups in total. The number of carbonyl (C=O) groups is 1. The van der Waals surface area contributed by atoms with Crippen LogP contribution in [-0.2, 0) is 20.4 Å². The number of sulfone groups is 1. The van der Waals surface area contributed by atoms with Crippen molar-refractivity contribution >= 4 is 15.7 Å². The van der Waals surface area contributed by atoms with Crippen molar-refractivity contribution in [1.29, 1.82) is 0 Å². The smallest absolute Gasteiger partial charge is 0.238 e. The molecular formula is C22H29NO3S. The molecule has 1 amide bonds. The Morgan fingerprint density at radius 1 is 1.07 bits per heavy atom. The molecule has 2 aromatic rings. The van der Waals surface area contributed by atoms with E-state index in [0.29, 0.717) is 0 Å². The van der Waals surface area contributed by atoms with E-state index in [0.717, 1.165) is 35.1 Å². The van der Waals surface area contributed by atoms with Gasteiger partial charge in [-0.25, -0.2) is 8.42 Å². The van der Waals surface area contributed by atoms with Gasteiger partial charge in [0.15, 0.2) is 9.84 Å². The van der Waals surface area contributed by atoms with Crippen molar-refractivity contribution in [2.75, 3.05) is 0 Å². The highest BCUT2D eigenvalue weighted by atomic mass is 32.2. The van der Waals surface area contributed by atoms with Gasteiger partial charge in [0.2, 0.25) is 5.91 Å². The predicted octanol–water partition coefficient (Wildman–Crippen LogP) is 4.26. The van der Waals surface area contributed by atoms with Crippen LogP contribution in [0.5, 0.6) is 0 Å². The van der Waals surface area contributed by atoms with Gasteiger partial charge >= 0.3 is 0 Å². The minimum Gasteiger partial charge on any atom is -0.348 e. The summed E-state index contributed by atoms with van der Waals surface area (Å²) < 4.78 is 25.6. The molecule has 0 saturated carbocycles. The predicted molar refractivity (Wildman–Crippen MR) is 110 cm³/mol. The van der Waals surface area contributed by atoms with Gasteiger partial charge in [-0.3, -0.25) is 4.79 Å². The second-order valence-electron chi connectivity index (χ2n) is 7.14. The topological polar surface area (TPSA) is 63.2 Å². The molecule has 0 aliphatic heterocycles. The van der Waals surface area contributed by atoms with Crippen LogP contribution in [0.25, 0.3) is 0 Å². The number of rotatable bonds is 8. The highest BCUT2D eigenvalue weighted by Crippen LogP contribution is 2.21. The maximum Gasteiger partial charge on any atom is 0.238 e. The fourth-order valence-electron chi connectivity index (χ4n) is 3.05. The van der Waals surface area contributed by atoms with E-state index < -0.39 is 21.0 Å². The van der Waals surface area contributed by atoms with E-state index in [9.17, 15) is 13.2 Å². The zero-order chi connectivity index (χ0) is 20.0. The Morgan fingerprint density at radius 2 is 1.74 bits per heavy atom. The Morgan fingerprint density at radius 3 is 2.37 bits per heavy atom. The van der Waals surface area contributed by atoms with Gasteiger partial charge in [-0.2, -0.15) is 0 Å². The third kappa shape index (κ3) is 5.67. The third-order valence-electron chi connectivity index (χ3n) is 4.87. The number of aryl methyl sites for hydroxylation is 2. The molecule has 0 saturated heterocycles. The molecule has 0 aliphatic rings. The van der Waals surface area contributed by atoms with Gasteiger partial charge in [0.25, 0.3) is 0 Å². The van der Waals surface area contributed by atoms with Crippen LogP contribution in [0, 0.1) is 13.8 Å². The van der Waals surface area contributed by atoms with E-state index in [4.69, 9.17) is 0 Å². The first-order valence-electron chi connectivity index (χ1n) is 9.37. The lowest BCUT2D eigenvalue weighted by atomic mass is 10.0. The van der Waals surface area contributed by atoms with E-state index in [2.05, 4.69) is 5.32 Å². The number of benzene rings is 2. The van der Waals surface area contributed by atoms with Crippen molar-refractivity contribution in [2.24, 2.45) is 0 Å². The van der Waals surface area contributed by atoms with E-state index in [1.165, 1.54) is 6.92 Å². The van der Waals surface area contributed by atoms with Crippen LogP contribution < -0.4 is 5.32 Å². The quantitative estimate of drug-likeness (QED) is 0.736. The van der Waals surface area contributed by atoms with E-state index in [1.54, 1.807) is 0 Å². The Balaban J connectivity index is 2.15. The minimum absolute atomic E-state index is 0.126. The summed E-state index contributed by atoms with van der Waals surface area (Å²) in [6, 6.07) is 15.2. The lowest BCUT2D eigenvalue weighted by Gasteiger charge is -2.21. The van der Waals surface area contributed by atoms with Crippen LogP contribution >= 0.6 is 0 Å². The van der Waals surface area contributed by atoms with Gasteiger partial charge in [0.05, 0.1) is 11.8 Å². The van der Waals surface area contributed by atoms with E-state index in [1.807, 2.05) is 69.3 Å². The first kappa shape index (κ1) is 21.2. The zero-order valence-corrected chi connectivity index (χ0v) is 17.3. The van der Waals surface area contributed by atoms with Gasteiger partial charge in [0, 0.05) is 0 Å². The Kier molecular flexibility index (Phi) is 7.19. The molecule has 2 rings (SSSR count). The summed E-state index contributed by atoms with van der Waals surface area (Å²) in [6.45, 7) is 7.34. The molecule has 146 valence electrons. The number of carbonyl (C=O) groups excluding carboxylic acids is 1. The molecule has 2 atom stereocenters. The fourth-order valence-corrected chi connectivity index (χ4v) is 4.43. The molecule has 0 aromatic heterocycles. The largest absolute Gasteiger partial charge is 0.348 e.